The monoisotopic (exact) mass is 722 g/mol. The molecular weight excluding hydrogens is 689 g/mol. The third-order valence-corrected chi connectivity index (χ3v) is 11.0. The van der Waals surface area contributed by atoms with Crippen molar-refractivity contribution in [1.29, 1.82) is 0 Å². The molecule has 11 nitrogen and oxygen atoms in total. The third kappa shape index (κ3) is 6.38. The summed E-state index contributed by atoms with van der Waals surface area (Å²) in [6.07, 6.45) is 0.110. The number of aromatic nitrogens is 2. The highest BCUT2D eigenvalue weighted by Crippen LogP contribution is 2.43. The van der Waals surface area contributed by atoms with E-state index in [9.17, 15) is 18.0 Å². The molecule has 4 heterocycles. The van der Waals surface area contributed by atoms with Crippen LogP contribution in [0.5, 0.6) is 5.75 Å². The Balaban J connectivity index is 1.21. The van der Waals surface area contributed by atoms with Crippen LogP contribution in [-0.4, -0.2) is 49.4 Å². The van der Waals surface area contributed by atoms with E-state index in [0.29, 0.717) is 33.8 Å². The molecule has 7 rings (SSSR count). The fraction of sp³-hybridized carbons (Fsp3) is 0.237. The molecule has 0 amide bonds. The summed E-state index contributed by atoms with van der Waals surface area (Å²) in [5, 5.41) is 1.00. The summed E-state index contributed by atoms with van der Waals surface area (Å²) in [4.78, 5) is 36.5. The number of amidine groups is 1. The van der Waals surface area contributed by atoms with Crippen LogP contribution in [0, 0.1) is 11.6 Å². The summed E-state index contributed by atoms with van der Waals surface area (Å²) < 4.78 is 48.5. The van der Waals surface area contributed by atoms with Crippen LogP contribution in [0.25, 0.3) is 22.3 Å². The number of aryl methyl sites for hydroxylation is 1. The molecule has 0 unspecified atom stereocenters. The molecule has 1 N–H and O–H groups in total. The number of carbonyl (C=O) groups excluding carboxylic acids is 2. The van der Waals surface area contributed by atoms with Crippen molar-refractivity contribution in [3.8, 4) is 17.1 Å². The van der Waals surface area contributed by atoms with E-state index >= 15 is 0 Å². The number of sulfonamides is 1. The Kier molecular flexibility index (Phi) is 8.94. The predicted molar refractivity (Wildman–Crippen MR) is 193 cm³/mol. The van der Waals surface area contributed by atoms with Gasteiger partial charge in [0.2, 0.25) is 5.60 Å². The van der Waals surface area contributed by atoms with Crippen LogP contribution in [0.1, 0.15) is 41.2 Å². The highest BCUT2D eigenvalue weighted by atomic mass is 32.2. The van der Waals surface area contributed by atoms with Gasteiger partial charge in [0.25, 0.3) is 10.0 Å². The number of fused-ring (bicyclic) bond motifs is 5. The van der Waals surface area contributed by atoms with E-state index in [-0.39, 0.29) is 30.2 Å². The van der Waals surface area contributed by atoms with Gasteiger partial charge in [-0.15, -0.1) is 0 Å². The molecule has 2 aliphatic heterocycles. The Morgan fingerprint density at radius 3 is 2.55 bits per heavy atom. The predicted octanol–water partition coefficient (Wildman–Crippen LogP) is 5.94. The maximum atomic E-state index is 13.6. The van der Waals surface area contributed by atoms with Gasteiger partial charge in [0.1, 0.15) is 29.4 Å². The first-order chi connectivity index (χ1) is 24.5. The van der Waals surface area contributed by atoms with Crippen molar-refractivity contribution >= 4 is 50.9 Å². The first-order valence-electron chi connectivity index (χ1n) is 16.3. The Morgan fingerprint density at radius 1 is 1.08 bits per heavy atom. The average molecular weight is 723 g/mol. The molecule has 13 heteroatoms. The molecule has 3 aromatic carbocycles. The molecule has 0 aliphatic carbocycles. The lowest BCUT2D eigenvalue weighted by Gasteiger charge is -2.36. The van der Waals surface area contributed by atoms with Crippen molar-refractivity contribution in [2.24, 2.45) is 4.99 Å². The fourth-order valence-electron chi connectivity index (χ4n) is 6.46. The minimum atomic E-state index is -4.05. The number of hydrogen-bond donors (Lipinski definition) is 1. The summed E-state index contributed by atoms with van der Waals surface area (Å²) in [7, 11) is -2.50. The number of cyclic esters (lactones) is 1. The Hall–Kier alpha value is -5.40. The number of benzene rings is 3. The van der Waals surface area contributed by atoms with Crippen molar-refractivity contribution in [3.63, 3.8) is 0 Å². The fourth-order valence-corrected chi connectivity index (χ4v) is 7.85. The van der Waals surface area contributed by atoms with Gasteiger partial charge in [0, 0.05) is 28.5 Å². The third-order valence-electron chi connectivity index (χ3n) is 9.19. The molecule has 0 radical (unpaired) electrons. The lowest BCUT2D eigenvalue weighted by Crippen LogP contribution is -2.46. The maximum Gasteiger partial charge on any atom is 0.355 e. The highest BCUT2D eigenvalue weighted by molar-refractivity contribution is 7.90. The molecule has 2 aromatic heterocycles. The summed E-state index contributed by atoms with van der Waals surface area (Å²) in [5.41, 5.74) is 4.10. The van der Waals surface area contributed by atoms with Gasteiger partial charge in [0.05, 0.1) is 35.5 Å². The number of methoxy groups -OCH3 is 1. The van der Waals surface area contributed by atoms with Gasteiger partial charge in [-0.05, 0) is 61.4 Å². The van der Waals surface area contributed by atoms with Crippen LogP contribution in [0.3, 0.4) is 0 Å². The van der Waals surface area contributed by atoms with Gasteiger partial charge >= 0.3 is 11.9 Å². The number of nitrogens with one attached hydrogen (secondary N) is 1. The quantitative estimate of drug-likeness (QED) is 0.0832. The molecular formula is C38H34N4O7S2. The normalized spacial score (nSPS) is 16.5. The number of para-hydroxylation sites is 1. The van der Waals surface area contributed by atoms with Crippen LogP contribution in [-0.2, 0) is 54.3 Å². The van der Waals surface area contributed by atoms with Gasteiger partial charge in [-0.3, -0.25) is 9.71 Å². The standard InChI is InChI=1S/C38H34N4O7S2/c1-4-38(30-19-32-35-26(18-25-7-5-6-8-31(25)40-35)21-42(32)36(50)29(30)22-48-37(38)44)49-34(43)20-39-33(17-24-11-13-27(47-3)14-12-24)41-51(45,46)28-15-9-23(2)10-16-28/h5-16,18-19H,4,17,20-22H2,1-3H3,(H,39,41)/t38-/m0/s1. The molecule has 260 valence electrons. The number of ether oxygens (including phenoxy) is 3. The molecule has 51 heavy (non-hydrogen) atoms. The minimum Gasteiger partial charge on any atom is -0.497 e. The van der Waals surface area contributed by atoms with Crippen molar-refractivity contribution in [1.82, 2.24) is 14.3 Å². The zero-order chi connectivity index (χ0) is 35.9. The van der Waals surface area contributed by atoms with Crippen LogP contribution in [0.2, 0.25) is 0 Å². The van der Waals surface area contributed by atoms with Gasteiger partial charge in [-0.2, -0.15) is 0 Å². The molecule has 0 saturated carbocycles. The Bertz CT molecular complexity index is 2410. The Morgan fingerprint density at radius 2 is 1.82 bits per heavy atom. The highest BCUT2D eigenvalue weighted by Gasteiger charge is 2.50. The van der Waals surface area contributed by atoms with Crippen LogP contribution < -0.4 is 9.46 Å². The second-order valence-corrected chi connectivity index (χ2v) is 14.5. The number of rotatable bonds is 9. The summed E-state index contributed by atoms with van der Waals surface area (Å²) in [6.45, 7) is 3.44. The molecule has 5 aromatic rings. The lowest BCUT2D eigenvalue weighted by molar-refractivity contribution is -0.188. The lowest BCUT2D eigenvalue weighted by atomic mass is 9.85. The summed E-state index contributed by atoms with van der Waals surface area (Å²) >= 11 is 5.93. The van der Waals surface area contributed by atoms with Crippen molar-refractivity contribution < 1.29 is 32.2 Å². The van der Waals surface area contributed by atoms with E-state index < -0.39 is 34.1 Å². The molecule has 1 atom stereocenters. The van der Waals surface area contributed by atoms with Gasteiger partial charge < -0.3 is 18.8 Å². The minimum absolute atomic E-state index is 0.00633. The molecule has 0 saturated heterocycles. The number of pyridine rings is 2. The van der Waals surface area contributed by atoms with E-state index in [1.165, 1.54) is 12.1 Å². The summed E-state index contributed by atoms with van der Waals surface area (Å²) in [5.74, 6) is -0.944. The molecule has 2 aliphatic rings. The number of nitrogens with zero attached hydrogens (tertiary/aromatic N) is 3. The second-order valence-electron chi connectivity index (χ2n) is 12.4. The SMILES string of the molecule is CC[C@@]1(OC(=O)CN=C(Cc2ccc(OC)cc2)NS(=O)(=O)c2ccc(C)cc2)C(=O)OCc2c1cc1n(c2=S)Cc2cc3ccccc3nc2-1. The van der Waals surface area contributed by atoms with E-state index in [1.807, 2.05) is 41.8 Å². The molecule has 0 bridgehead atoms. The van der Waals surface area contributed by atoms with Crippen molar-refractivity contribution in [2.75, 3.05) is 13.7 Å². The average Bonchev–Trinajstić information content (AvgIpc) is 3.49. The smallest absolute Gasteiger partial charge is 0.355 e. The topological polar surface area (TPSA) is 138 Å². The van der Waals surface area contributed by atoms with Crippen molar-refractivity contribution in [2.45, 2.75) is 50.3 Å². The first kappa shape index (κ1) is 34.1. The largest absolute Gasteiger partial charge is 0.497 e. The van der Waals surface area contributed by atoms with E-state index in [0.717, 1.165) is 33.3 Å². The van der Waals surface area contributed by atoms with Crippen molar-refractivity contribution in [3.05, 3.63) is 117 Å². The summed E-state index contributed by atoms with van der Waals surface area (Å²) in [6, 6.07) is 25.1. The van der Waals surface area contributed by atoms with Gasteiger partial charge in [-0.25, -0.2) is 23.0 Å². The number of aliphatic imine (C=N–C) groups is 1. The van der Waals surface area contributed by atoms with Crippen LogP contribution in [0.15, 0.2) is 94.8 Å². The van der Waals surface area contributed by atoms with Gasteiger partial charge in [-0.1, -0.05) is 67.2 Å². The molecule has 0 spiro atoms. The van der Waals surface area contributed by atoms with E-state index in [1.54, 1.807) is 50.4 Å². The number of carbonyl (C=O) groups is 2. The maximum absolute atomic E-state index is 13.6. The second kappa shape index (κ2) is 13.4. The number of hydrogen-bond acceptors (Lipinski definition) is 10. The number of esters is 2. The first-order valence-corrected chi connectivity index (χ1v) is 18.2. The van der Waals surface area contributed by atoms with Gasteiger partial charge in [0.15, 0.2) is 0 Å². The Labute approximate surface area is 300 Å². The van der Waals surface area contributed by atoms with E-state index in [2.05, 4.69) is 15.8 Å². The molecule has 0 fully saturated rings. The zero-order valence-corrected chi connectivity index (χ0v) is 29.8. The van der Waals surface area contributed by atoms with Crippen LogP contribution in [0.4, 0.5) is 0 Å². The van der Waals surface area contributed by atoms with Crippen LogP contribution >= 0.6 is 12.2 Å². The van der Waals surface area contributed by atoms with E-state index in [4.69, 9.17) is 31.4 Å². The zero-order valence-electron chi connectivity index (χ0n) is 28.1.